The molecule has 1 atom stereocenters. The van der Waals surface area contributed by atoms with E-state index in [9.17, 15) is 0 Å². The van der Waals surface area contributed by atoms with Crippen LogP contribution in [0.25, 0.3) is 0 Å². The predicted molar refractivity (Wildman–Crippen MR) is 60.5 cm³/mol. The first-order valence-electron chi connectivity index (χ1n) is 5.01. The predicted octanol–water partition coefficient (Wildman–Crippen LogP) is 2.41. The molecular weight excluding hydrogens is 235 g/mol. The molecule has 1 unspecified atom stereocenters. The summed E-state index contributed by atoms with van der Waals surface area (Å²) in [6.45, 7) is 4.14. The minimum absolute atomic E-state index is 0.157. The minimum atomic E-state index is 0.157. The van der Waals surface area contributed by atoms with Gasteiger partial charge in [0, 0.05) is 13.1 Å². The third-order valence-corrected chi connectivity index (χ3v) is 3.05. The third-order valence-electron chi connectivity index (χ3n) is 2.72. The van der Waals surface area contributed by atoms with Crippen LogP contribution in [0.15, 0.2) is 0 Å². The second-order valence-electron chi connectivity index (χ2n) is 3.68. The second-order valence-corrected chi connectivity index (χ2v) is 4.36. The van der Waals surface area contributed by atoms with Crippen LogP contribution in [0.2, 0.25) is 10.6 Å². The molecule has 0 amide bonds. The first-order chi connectivity index (χ1) is 7.19. The number of nitrogens with zero attached hydrogens (tertiary/aromatic N) is 4. The molecule has 82 valence electrons. The number of rotatable bonds is 2. The summed E-state index contributed by atoms with van der Waals surface area (Å²) in [4.78, 5) is 14.0. The van der Waals surface area contributed by atoms with E-state index in [1.807, 2.05) is 0 Å². The molecule has 1 aliphatic rings. The Labute approximate surface area is 98.6 Å². The molecule has 15 heavy (non-hydrogen) atoms. The molecule has 6 heteroatoms. The molecule has 1 aromatic rings. The van der Waals surface area contributed by atoms with E-state index in [0.717, 1.165) is 19.0 Å². The zero-order valence-corrected chi connectivity index (χ0v) is 9.96. The van der Waals surface area contributed by atoms with Gasteiger partial charge < -0.3 is 4.90 Å². The Kier molecular flexibility index (Phi) is 3.26. The first-order valence-corrected chi connectivity index (χ1v) is 5.76. The summed E-state index contributed by atoms with van der Waals surface area (Å²) in [5.41, 5.74) is 0. The number of anilines is 1. The van der Waals surface area contributed by atoms with Gasteiger partial charge in [0.05, 0.1) is 0 Å². The van der Waals surface area contributed by atoms with Gasteiger partial charge in [-0.1, -0.05) is 13.3 Å². The van der Waals surface area contributed by atoms with Crippen LogP contribution in [0.4, 0.5) is 5.95 Å². The molecule has 0 bridgehead atoms. The van der Waals surface area contributed by atoms with E-state index in [-0.39, 0.29) is 10.6 Å². The van der Waals surface area contributed by atoms with Crippen molar-refractivity contribution in [2.45, 2.75) is 19.8 Å². The van der Waals surface area contributed by atoms with Gasteiger partial charge in [-0.2, -0.15) is 15.0 Å². The number of aromatic nitrogens is 3. The molecule has 0 aliphatic carbocycles. The summed E-state index contributed by atoms with van der Waals surface area (Å²) in [5, 5.41) is 0.315. The van der Waals surface area contributed by atoms with Crippen molar-refractivity contribution in [1.82, 2.24) is 15.0 Å². The van der Waals surface area contributed by atoms with Gasteiger partial charge >= 0.3 is 0 Å². The average Bonchev–Trinajstić information content (AvgIpc) is 2.64. The number of hydrogen-bond donors (Lipinski definition) is 0. The molecule has 2 heterocycles. The summed E-state index contributed by atoms with van der Waals surface area (Å²) < 4.78 is 0. The molecule has 0 aromatic carbocycles. The van der Waals surface area contributed by atoms with Gasteiger partial charge in [0.2, 0.25) is 16.5 Å². The van der Waals surface area contributed by atoms with Crippen LogP contribution in [0, 0.1) is 5.92 Å². The van der Waals surface area contributed by atoms with E-state index < -0.39 is 0 Å². The van der Waals surface area contributed by atoms with Crippen LogP contribution in [0.5, 0.6) is 0 Å². The highest BCUT2D eigenvalue weighted by Crippen LogP contribution is 2.23. The Bertz CT molecular complexity index is 338. The maximum Gasteiger partial charge on any atom is 0.230 e. The van der Waals surface area contributed by atoms with Crippen molar-refractivity contribution in [3.63, 3.8) is 0 Å². The van der Waals surface area contributed by atoms with Crippen molar-refractivity contribution in [2.75, 3.05) is 18.0 Å². The average molecular weight is 247 g/mol. The SMILES string of the molecule is CCC1CCN(c2nc(Cl)nc(Cl)n2)C1. The van der Waals surface area contributed by atoms with Gasteiger partial charge in [-0.05, 0) is 35.5 Å². The highest BCUT2D eigenvalue weighted by molar-refractivity contribution is 6.31. The summed E-state index contributed by atoms with van der Waals surface area (Å²) in [6, 6.07) is 0. The van der Waals surface area contributed by atoms with Crippen LogP contribution in [-0.4, -0.2) is 28.0 Å². The van der Waals surface area contributed by atoms with Crippen molar-refractivity contribution in [1.29, 1.82) is 0 Å². The highest BCUT2D eigenvalue weighted by atomic mass is 35.5. The molecule has 1 fully saturated rings. The third kappa shape index (κ3) is 2.49. The zero-order valence-electron chi connectivity index (χ0n) is 8.45. The smallest absolute Gasteiger partial charge is 0.230 e. The fourth-order valence-corrected chi connectivity index (χ4v) is 2.16. The fraction of sp³-hybridized carbons (Fsp3) is 0.667. The van der Waals surface area contributed by atoms with E-state index in [1.54, 1.807) is 0 Å². The Morgan fingerprint density at radius 3 is 2.47 bits per heavy atom. The highest BCUT2D eigenvalue weighted by Gasteiger charge is 2.23. The van der Waals surface area contributed by atoms with Crippen molar-refractivity contribution >= 4 is 29.2 Å². The molecule has 1 saturated heterocycles. The molecule has 1 aromatic heterocycles. The Hall–Kier alpha value is -0.610. The van der Waals surface area contributed by atoms with E-state index in [0.29, 0.717) is 5.95 Å². The monoisotopic (exact) mass is 246 g/mol. The van der Waals surface area contributed by atoms with Crippen LogP contribution >= 0.6 is 23.2 Å². The maximum absolute atomic E-state index is 5.73. The maximum atomic E-state index is 5.73. The molecule has 1 aliphatic heterocycles. The van der Waals surface area contributed by atoms with Crippen LogP contribution in [-0.2, 0) is 0 Å². The van der Waals surface area contributed by atoms with Crippen molar-refractivity contribution in [3.05, 3.63) is 10.6 Å². The number of halogens is 2. The summed E-state index contributed by atoms with van der Waals surface area (Å²) in [7, 11) is 0. The normalized spacial score (nSPS) is 21.0. The molecular formula is C9H12Cl2N4. The Morgan fingerprint density at radius 1 is 1.27 bits per heavy atom. The first kappa shape index (κ1) is 10.9. The van der Waals surface area contributed by atoms with Crippen molar-refractivity contribution in [3.8, 4) is 0 Å². The van der Waals surface area contributed by atoms with Crippen molar-refractivity contribution < 1.29 is 0 Å². The van der Waals surface area contributed by atoms with Gasteiger partial charge in [-0.25, -0.2) is 0 Å². The minimum Gasteiger partial charge on any atom is -0.340 e. The Balaban J connectivity index is 2.16. The molecule has 0 spiro atoms. The van der Waals surface area contributed by atoms with Gasteiger partial charge in [0.1, 0.15) is 0 Å². The van der Waals surface area contributed by atoms with Gasteiger partial charge in [0.25, 0.3) is 0 Å². The summed E-state index contributed by atoms with van der Waals surface area (Å²) in [6.07, 6.45) is 2.36. The van der Waals surface area contributed by atoms with Crippen molar-refractivity contribution in [2.24, 2.45) is 5.92 Å². The van der Waals surface area contributed by atoms with Crippen LogP contribution < -0.4 is 4.90 Å². The lowest BCUT2D eigenvalue weighted by Gasteiger charge is -2.15. The lowest BCUT2D eigenvalue weighted by molar-refractivity contribution is 0.568. The standard InChI is InChI=1S/C9H12Cl2N4/c1-2-6-3-4-15(5-6)9-13-7(10)12-8(11)14-9/h6H,2-5H2,1H3. The molecule has 4 nitrogen and oxygen atoms in total. The molecule has 0 N–H and O–H groups in total. The summed E-state index contributed by atoms with van der Waals surface area (Å²) in [5.74, 6) is 1.32. The van der Waals surface area contributed by atoms with Gasteiger partial charge in [-0.3, -0.25) is 0 Å². The van der Waals surface area contributed by atoms with E-state index in [4.69, 9.17) is 23.2 Å². The van der Waals surface area contributed by atoms with Gasteiger partial charge in [0.15, 0.2) is 0 Å². The van der Waals surface area contributed by atoms with E-state index in [2.05, 4.69) is 26.8 Å². The fourth-order valence-electron chi connectivity index (χ4n) is 1.81. The van der Waals surface area contributed by atoms with E-state index in [1.165, 1.54) is 12.8 Å². The lowest BCUT2D eigenvalue weighted by Crippen LogP contribution is -2.22. The van der Waals surface area contributed by atoms with Crippen LogP contribution in [0.1, 0.15) is 19.8 Å². The zero-order chi connectivity index (χ0) is 10.8. The molecule has 0 saturated carbocycles. The second kappa shape index (κ2) is 4.49. The Morgan fingerprint density at radius 2 is 1.93 bits per heavy atom. The number of hydrogen-bond acceptors (Lipinski definition) is 4. The van der Waals surface area contributed by atoms with Crippen LogP contribution in [0.3, 0.4) is 0 Å². The van der Waals surface area contributed by atoms with E-state index >= 15 is 0 Å². The summed E-state index contributed by atoms with van der Waals surface area (Å²) >= 11 is 11.5. The topological polar surface area (TPSA) is 41.9 Å². The largest absolute Gasteiger partial charge is 0.340 e. The molecule has 2 rings (SSSR count). The lowest BCUT2D eigenvalue weighted by atomic mass is 10.1. The van der Waals surface area contributed by atoms with Gasteiger partial charge in [-0.15, -0.1) is 0 Å². The quantitative estimate of drug-likeness (QED) is 0.804. The molecule has 0 radical (unpaired) electrons.